The topological polar surface area (TPSA) is 58.6 Å². The van der Waals surface area contributed by atoms with Crippen LogP contribution in [0.1, 0.15) is 13.8 Å². The zero-order chi connectivity index (χ0) is 11.3. The maximum atomic E-state index is 11.0. The normalized spacial score (nSPS) is 10.1. The molecule has 1 amide bonds. The van der Waals surface area contributed by atoms with Gasteiger partial charge in [0.1, 0.15) is 12.4 Å². The molecule has 1 aromatic rings. The Kier molecular flexibility index (Phi) is 4.12. The molecule has 0 heterocycles. The third-order valence-electron chi connectivity index (χ3n) is 1.67. The quantitative estimate of drug-likeness (QED) is 0.788. The summed E-state index contributed by atoms with van der Waals surface area (Å²) in [5.74, 6) is 0.157. The highest BCUT2D eigenvalue weighted by Gasteiger charge is 2.07. The molecule has 0 saturated carbocycles. The van der Waals surface area contributed by atoms with Crippen LogP contribution >= 0.6 is 0 Å². The zero-order valence-electron chi connectivity index (χ0n) is 8.86. The second-order valence-corrected chi connectivity index (χ2v) is 3.37. The van der Waals surface area contributed by atoms with Gasteiger partial charge in [0.05, 0.1) is 11.8 Å². The van der Waals surface area contributed by atoms with Gasteiger partial charge in [-0.25, -0.2) is 0 Å². The number of carbonyl (C=O) groups is 1. The Bertz CT molecular complexity index is 336. The fourth-order valence-electron chi connectivity index (χ4n) is 1.12. The van der Waals surface area contributed by atoms with Crippen molar-refractivity contribution in [2.24, 2.45) is 0 Å². The van der Waals surface area contributed by atoms with Crippen molar-refractivity contribution in [2.75, 3.05) is 11.9 Å². The fraction of sp³-hybridized carbons (Fsp3) is 0.364. The summed E-state index contributed by atoms with van der Waals surface area (Å²) in [7, 11) is 0. The van der Waals surface area contributed by atoms with Crippen LogP contribution in [0.5, 0.6) is 5.75 Å². The second kappa shape index (κ2) is 5.36. The molecule has 4 heteroatoms. The van der Waals surface area contributed by atoms with Crippen molar-refractivity contribution in [3.8, 4) is 5.75 Å². The van der Waals surface area contributed by atoms with E-state index in [1.807, 2.05) is 19.9 Å². The molecular weight excluding hydrogens is 194 g/mol. The van der Waals surface area contributed by atoms with E-state index in [1.54, 1.807) is 18.2 Å². The van der Waals surface area contributed by atoms with Gasteiger partial charge >= 0.3 is 0 Å². The number of para-hydroxylation sites is 2. The Morgan fingerprint density at radius 3 is 2.73 bits per heavy atom. The maximum Gasteiger partial charge on any atom is 0.250 e. The van der Waals surface area contributed by atoms with Crippen molar-refractivity contribution < 1.29 is 14.6 Å². The van der Waals surface area contributed by atoms with Crippen LogP contribution in [0.3, 0.4) is 0 Å². The summed E-state index contributed by atoms with van der Waals surface area (Å²) in [5.41, 5.74) is 0.574. The first kappa shape index (κ1) is 11.5. The van der Waals surface area contributed by atoms with E-state index >= 15 is 0 Å². The highest BCUT2D eigenvalue weighted by atomic mass is 16.5. The van der Waals surface area contributed by atoms with Crippen molar-refractivity contribution in [2.45, 2.75) is 20.0 Å². The van der Waals surface area contributed by atoms with Crippen LogP contribution in [0.2, 0.25) is 0 Å². The molecule has 0 bridgehead atoms. The standard InChI is InChI=1S/C11H15NO3/c1-8(2)15-10-6-4-3-5-9(10)12-11(14)7-13/h3-6,8,13H,7H2,1-2H3,(H,12,14). The van der Waals surface area contributed by atoms with Crippen LogP contribution in [0, 0.1) is 0 Å². The molecule has 0 radical (unpaired) electrons. The molecule has 0 aromatic heterocycles. The van der Waals surface area contributed by atoms with Crippen LogP contribution in [0.15, 0.2) is 24.3 Å². The molecule has 2 N–H and O–H groups in total. The molecule has 15 heavy (non-hydrogen) atoms. The minimum atomic E-state index is -0.532. The van der Waals surface area contributed by atoms with Crippen molar-refractivity contribution in [3.63, 3.8) is 0 Å². The summed E-state index contributed by atoms with van der Waals surface area (Å²) < 4.78 is 5.49. The first-order valence-corrected chi connectivity index (χ1v) is 4.80. The number of ether oxygens (including phenoxy) is 1. The molecule has 0 unspecified atom stereocenters. The molecule has 1 aromatic carbocycles. The monoisotopic (exact) mass is 209 g/mol. The number of benzene rings is 1. The van der Waals surface area contributed by atoms with Crippen LogP contribution < -0.4 is 10.1 Å². The van der Waals surface area contributed by atoms with Crippen molar-refractivity contribution in [1.82, 2.24) is 0 Å². The number of hydrogen-bond acceptors (Lipinski definition) is 3. The van der Waals surface area contributed by atoms with Crippen LogP contribution in [0.25, 0.3) is 0 Å². The lowest BCUT2D eigenvalue weighted by atomic mass is 10.3. The van der Waals surface area contributed by atoms with Gasteiger partial charge in [0.15, 0.2) is 0 Å². The van der Waals surface area contributed by atoms with Crippen LogP contribution in [-0.2, 0) is 4.79 Å². The van der Waals surface area contributed by atoms with Gasteiger partial charge in [-0.1, -0.05) is 12.1 Å². The summed E-state index contributed by atoms with van der Waals surface area (Å²) in [5, 5.41) is 11.2. The molecular formula is C11H15NO3. The minimum absolute atomic E-state index is 0.0391. The van der Waals surface area contributed by atoms with Gasteiger partial charge in [0, 0.05) is 0 Å². The molecule has 0 fully saturated rings. The van der Waals surface area contributed by atoms with E-state index in [0.717, 1.165) is 0 Å². The van der Waals surface area contributed by atoms with Gasteiger partial charge in [-0.3, -0.25) is 4.79 Å². The average molecular weight is 209 g/mol. The number of amides is 1. The van der Waals surface area contributed by atoms with Gasteiger partial charge in [-0.05, 0) is 26.0 Å². The molecule has 0 saturated heterocycles. The lowest BCUT2D eigenvalue weighted by molar-refractivity contribution is -0.118. The minimum Gasteiger partial charge on any atom is -0.489 e. The van der Waals surface area contributed by atoms with E-state index in [9.17, 15) is 4.79 Å². The summed E-state index contributed by atoms with van der Waals surface area (Å²) in [6.45, 7) is 3.28. The predicted octanol–water partition coefficient (Wildman–Crippen LogP) is 1.40. The van der Waals surface area contributed by atoms with E-state index in [0.29, 0.717) is 11.4 Å². The summed E-state index contributed by atoms with van der Waals surface area (Å²) >= 11 is 0. The number of hydrogen-bond donors (Lipinski definition) is 2. The Morgan fingerprint density at radius 2 is 2.13 bits per heavy atom. The van der Waals surface area contributed by atoms with Gasteiger partial charge in [0.25, 0.3) is 0 Å². The second-order valence-electron chi connectivity index (χ2n) is 3.37. The maximum absolute atomic E-state index is 11.0. The number of carbonyl (C=O) groups excluding carboxylic acids is 1. The third-order valence-corrected chi connectivity index (χ3v) is 1.67. The first-order valence-electron chi connectivity index (χ1n) is 4.80. The molecule has 0 aliphatic carbocycles. The number of nitrogens with one attached hydrogen (secondary N) is 1. The van der Waals surface area contributed by atoms with E-state index in [4.69, 9.17) is 9.84 Å². The lowest BCUT2D eigenvalue weighted by Crippen LogP contribution is -2.17. The van der Waals surface area contributed by atoms with Gasteiger partial charge in [-0.2, -0.15) is 0 Å². The molecule has 82 valence electrons. The van der Waals surface area contributed by atoms with Crippen molar-refractivity contribution in [1.29, 1.82) is 0 Å². The number of aliphatic hydroxyl groups is 1. The smallest absolute Gasteiger partial charge is 0.250 e. The van der Waals surface area contributed by atoms with Crippen LogP contribution in [0.4, 0.5) is 5.69 Å². The molecule has 0 atom stereocenters. The van der Waals surface area contributed by atoms with Gasteiger partial charge < -0.3 is 15.2 Å². The van der Waals surface area contributed by atoms with Gasteiger partial charge in [-0.15, -0.1) is 0 Å². The zero-order valence-corrected chi connectivity index (χ0v) is 8.86. The van der Waals surface area contributed by atoms with E-state index in [2.05, 4.69) is 5.32 Å². The largest absolute Gasteiger partial charge is 0.489 e. The highest BCUT2D eigenvalue weighted by Crippen LogP contribution is 2.24. The average Bonchev–Trinajstić information content (AvgIpc) is 2.20. The van der Waals surface area contributed by atoms with E-state index in [1.165, 1.54) is 0 Å². The fourth-order valence-corrected chi connectivity index (χ4v) is 1.12. The number of aliphatic hydroxyl groups excluding tert-OH is 1. The Morgan fingerprint density at radius 1 is 1.47 bits per heavy atom. The molecule has 4 nitrogen and oxygen atoms in total. The summed E-state index contributed by atoms with van der Waals surface area (Å²) in [6.07, 6.45) is 0.0391. The molecule has 0 aliphatic heterocycles. The Balaban J connectivity index is 2.81. The summed E-state index contributed by atoms with van der Waals surface area (Å²) in [4.78, 5) is 11.0. The SMILES string of the molecule is CC(C)Oc1ccccc1NC(=O)CO. The molecule has 0 aliphatic rings. The van der Waals surface area contributed by atoms with Crippen molar-refractivity contribution in [3.05, 3.63) is 24.3 Å². The Hall–Kier alpha value is -1.55. The molecule has 0 spiro atoms. The van der Waals surface area contributed by atoms with E-state index < -0.39 is 12.5 Å². The Labute approximate surface area is 88.9 Å². The van der Waals surface area contributed by atoms with Crippen molar-refractivity contribution >= 4 is 11.6 Å². The first-order chi connectivity index (χ1) is 7.13. The third kappa shape index (κ3) is 3.59. The predicted molar refractivity (Wildman–Crippen MR) is 57.9 cm³/mol. The lowest BCUT2D eigenvalue weighted by Gasteiger charge is -2.14. The highest BCUT2D eigenvalue weighted by molar-refractivity contribution is 5.92. The molecule has 1 rings (SSSR count). The van der Waals surface area contributed by atoms with Gasteiger partial charge in [0.2, 0.25) is 5.91 Å². The summed E-state index contributed by atoms with van der Waals surface area (Å²) in [6, 6.07) is 7.12. The number of rotatable bonds is 4. The van der Waals surface area contributed by atoms with E-state index in [-0.39, 0.29) is 6.10 Å². The van der Waals surface area contributed by atoms with Crippen LogP contribution in [-0.4, -0.2) is 23.7 Å². The number of anilines is 1.